The summed E-state index contributed by atoms with van der Waals surface area (Å²) in [5.41, 5.74) is 6.87. The summed E-state index contributed by atoms with van der Waals surface area (Å²) in [4.78, 5) is 12.3. The average Bonchev–Trinajstić information content (AvgIpc) is 2.40. The molecule has 1 aromatic rings. The molecular formula is C16H20N2O. The maximum Gasteiger partial charge on any atom is 0.251 e. The zero-order valence-electron chi connectivity index (χ0n) is 11.3. The van der Waals surface area contributed by atoms with Crippen molar-refractivity contribution in [2.75, 3.05) is 6.54 Å². The number of hydrogen-bond acceptors (Lipinski definition) is 2. The second-order valence-electron chi connectivity index (χ2n) is 5.03. The van der Waals surface area contributed by atoms with Crippen molar-refractivity contribution in [1.82, 2.24) is 5.32 Å². The lowest BCUT2D eigenvalue weighted by Gasteiger charge is -2.42. The Labute approximate surface area is 114 Å². The minimum atomic E-state index is -0.00190. The summed E-state index contributed by atoms with van der Waals surface area (Å²) in [5.74, 6) is 5.75. The predicted octanol–water partition coefficient (Wildman–Crippen LogP) is 2.06. The maximum atomic E-state index is 12.3. The number of benzene rings is 1. The molecule has 0 spiro atoms. The number of nitrogens with one attached hydrogen (secondary N) is 1. The van der Waals surface area contributed by atoms with Crippen molar-refractivity contribution in [3.05, 3.63) is 35.4 Å². The van der Waals surface area contributed by atoms with Crippen LogP contribution in [-0.4, -0.2) is 18.0 Å². The van der Waals surface area contributed by atoms with Gasteiger partial charge in [0.15, 0.2) is 0 Å². The summed E-state index contributed by atoms with van der Waals surface area (Å²) in [5, 5.41) is 3.17. The van der Waals surface area contributed by atoms with Gasteiger partial charge in [0.05, 0.1) is 6.54 Å². The molecule has 0 saturated heterocycles. The molecular weight excluding hydrogens is 236 g/mol. The smallest absolute Gasteiger partial charge is 0.251 e. The van der Waals surface area contributed by atoms with Crippen LogP contribution < -0.4 is 11.1 Å². The first kappa shape index (κ1) is 13.6. The molecule has 3 heteroatoms. The fourth-order valence-corrected chi connectivity index (χ4v) is 2.37. The summed E-state index contributed by atoms with van der Waals surface area (Å²) in [6, 6.07) is 7.39. The fourth-order valence-electron chi connectivity index (χ4n) is 2.37. The van der Waals surface area contributed by atoms with Gasteiger partial charge in [-0.2, -0.15) is 0 Å². The number of nitrogens with two attached hydrogens (primary N) is 1. The van der Waals surface area contributed by atoms with E-state index in [1.165, 1.54) is 6.42 Å². The summed E-state index contributed by atoms with van der Waals surface area (Å²) in [6.07, 6.45) is 4.37. The van der Waals surface area contributed by atoms with Crippen LogP contribution in [-0.2, 0) is 0 Å². The van der Waals surface area contributed by atoms with E-state index >= 15 is 0 Å². The van der Waals surface area contributed by atoms with Crippen molar-refractivity contribution in [1.29, 1.82) is 0 Å². The molecule has 1 aliphatic carbocycles. The molecule has 0 unspecified atom stereocenters. The molecule has 0 bridgehead atoms. The second kappa shape index (κ2) is 5.90. The van der Waals surface area contributed by atoms with E-state index < -0.39 is 0 Å². The summed E-state index contributed by atoms with van der Waals surface area (Å²) in [7, 11) is 0. The lowest BCUT2D eigenvalue weighted by Crippen LogP contribution is -2.52. The Morgan fingerprint density at radius 3 is 2.84 bits per heavy atom. The van der Waals surface area contributed by atoms with Gasteiger partial charge in [-0.3, -0.25) is 4.79 Å². The molecule has 0 atom stereocenters. The number of carbonyl (C=O) groups excluding carboxylic acids is 1. The van der Waals surface area contributed by atoms with Crippen LogP contribution in [0.25, 0.3) is 0 Å². The first-order valence-electron chi connectivity index (χ1n) is 6.81. The van der Waals surface area contributed by atoms with Gasteiger partial charge in [0, 0.05) is 16.7 Å². The van der Waals surface area contributed by atoms with E-state index in [0.717, 1.165) is 24.8 Å². The largest absolute Gasteiger partial charge is 0.347 e. The van der Waals surface area contributed by atoms with Gasteiger partial charge >= 0.3 is 0 Å². The predicted molar refractivity (Wildman–Crippen MR) is 76.7 cm³/mol. The minimum absolute atomic E-state index is 0.00190. The highest BCUT2D eigenvalue weighted by atomic mass is 16.1. The summed E-state index contributed by atoms with van der Waals surface area (Å²) in [6.45, 7) is 2.46. The Bertz CT molecular complexity index is 516. The van der Waals surface area contributed by atoms with E-state index in [0.29, 0.717) is 12.1 Å². The molecule has 1 fully saturated rings. The van der Waals surface area contributed by atoms with Gasteiger partial charge in [0.1, 0.15) is 0 Å². The van der Waals surface area contributed by atoms with E-state index in [4.69, 9.17) is 5.73 Å². The van der Waals surface area contributed by atoms with Crippen molar-refractivity contribution in [3.63, 3.8) is 0 Å². The van der Waals surface area contributed by atoms with Gasteiger partial charge in [0.2, 0.25) is 0 Å². The van der Waals surface area contributed by atoms with Crippen LogP contribution in [0.3, 0.4) is 0 Å². The van der Waals surface area contributed by atoms with Gasteiger partial charge in [-0.25, -0.2) is 0 Å². The highest BCUT2D eigenvalue weighted by Crippen LogP contribution is 2.34. The van der Waals surface area contributed by atoms with Gasteiger partial charge in [-0.15, -0.1) is 0 Å². The third-order valence-electron chi connectivity index (χ3n) is 3.83. The van der Waals surface area contributed by atoms with Gasteiger partial charge < -0.3 is 11.1 Å². The van der Waals surface area contributed by atoms with Gasteiger partial charge in [-0.1, -0.05) is 24.8 Å². The van der Waals surface area contributed by atoms with Crippen LogP contribution in [0.2, 0.25) is 0 Å². The monoisotopic (exact) mass is 256 g/mol. The molecule has 3 N–H and O–H groups in total. The quantitative estimate of drug-likeness (QED) is 0.813. The van der Waals surface area contributed by atoms with E-state index in [1.807, 2.05) is 24.3 Å². The molecule has 19 heavy (non-hydrogen) atoms. The van der Waals surface area contributed by atoms with Crippen molar-refractivity contribution >= 4 is 5.91 Å². The van der Waals surface area contributed by atoms with Crippen LogP contribution in [0.15, 0.2) is 24.3 Å². The average molecular weight is 256 g/mol. The zero-order chi connectivity index (χ0) is 13.7. The molecule has 1 aromatic carbocycles. The molecule has 100 valence electrons. The number of carbonyl (C=O) groups is 1. The standard InChI is InChI=1S/C16H20N2O/c1-2-16(9-5-10-16)18-15(19)14-8-3-6-13(12-14)7-4-11-17/h3,6,8,12H,2,5,9-11,17H2,1H3,(H,18,19). The molecule has 2 rings (SSSR count). The van der Waals surface area contributed by atoms with Crippen molar-refractivity contribution in [3.8, 4) is 11.8 Å². The molecule has 0 heterocycles. The third-order valence-corrected chi connectivity index (χ3v) is 3.83. The second-order valence-corrected chi connectivity index (χ2v) is 5.03. The molecule has 0 aromatic heterocycles. The highest BCUT2D eigenvalue weighted by Gasteiger charge is 2.36. The molecule has 3 nitrogen and oxygen atoms in total. The number of rotatable bonds is 3. The van der Waals surface area contributed by atoms with Crippen molar-refractivity contribution in [2.24, 2.45) is 5.73 Å². The fraction of sp³-hybridized carbons (Fsp3) is 0.438. The summed E-state index contributed by atoms with van der Waals surface area (Å²) >= 11 is 0. The van der Waals surface area contributed by atoms with Crippen LogP contribution in [0.5, 0.6) is 0 Å². The molecule has 0 radical (unpaired) electrons. The van der Waals surface area contributed by atoms with Crippen molar-refractivity contribution < 1.29 is 4.79 Å². The Balaban J connectivity index is 2.10. The number of amides is 1. The first-order chi connectivity index (χ1) is 9.19. The first-order valence-corrected chi connectivity index (χ1v) is 6.81. The van der Waals surface area contributed by atoms with Crippen LogP contribution in [0.1, 0.15) is 48.5 Å². The Morgan fingerprint density at radius 2 is 2.26 bits per heavy atom. The van der Waals surface area contributed by atoms with Crippen LogP contribution in [0, 0.1) is 11.8 Å². The normalized spacial score (nSPS) is 15.9. The van der Waals surface area contributed by atoms with E-state index in [1.54, 1.807) is 0 Å². The Kier molecular flexibility index (Phi) is 4.24. The van der Waals surface area contributed by atoms with Gasteiger partial charge in [0.25, 0.3) is 5.91 Å². The van der Waals surface area contributed by atoms with Crippen molar-refractivity contribution in [2.45, 2.75) is 38.1 Å². The molecule has 0 aliphatic heterocycles. The Morgan fingerprint density at radius 1 is 1.47 bits per heavy atom. The minimum Gasteiger partial charge on any atom is -0.347 e. The number of hydrogen-bond donors (Lipinski definition) is 2. The molecule has 1 amide bonds. The lowest BCUT2D eigenvalue weighted by molar-refractivity contribution is 0.0820. The van der Waals surface area contributed by atoms with E-state index in [2.05, 4.69) is 24.1 Å². The van der Waals surface area contributed by atoms with E-state index in [-0.39, 0.29) is 11.4 Å². The maximum absolute atomic E-state index is 12.3. The van der Waals surface area contributed by atoms with E-state index in [9.17, 15) is 4.79 Å². The SMILES string of the molecule is CCC1(NC(=O)c2cccc(C#CCN)c2)CCC1. The van der Waals surface area contributed by atoms with Crippen LogP contribution in [0.4, 0.5) is 0 Å². The Hall–Kier alpha value is -1.79. The van der Waals surface area contributed by atoms with Crippen LogP contribution >= 0.6 is 0 Å². The highest BCUT2D eigenvalue weighted by molar-refractivity contribution is 5.95. The topological polar surface area (TPSA) is 55.1 Å². The lowest BCUT2D eigenvalue weighted by atomic mass is 9.74. The van der Waals surface area contributed by atoms with Gasteiger partial charge in [-0.05, 0) is 43.9 Å². The third kappa shape index (κ3) is 3.15. The summed E-state index contributed by atoms with van der Waals surface area (Å²) < 4.78 is 0. The molecule has 1 aliphatic rings. The molecule has 1 saturated carbocycles. The zero-order valence-corrected chi connectivity index (χ0v) is 11.3.